The van der Waals surface area contributed by atoms with E-state index < -0.39 is 6.49 Å². The van der Waals surface area contributed by atoms with Crippen LogP contribution < -0.4 is 0 Å². The Balaban J connectivity index is 3.66. The van der Waals surface area contributed by atoms with Crippen LogP contribution in [0.5, 0.6) is 0 Å². The van der Waals surface area contributed by atoms with Crippen LogP contribution in [0.1, 0.15) is 136 Å². The molecule has 0 aliphatic heterocycles. The van der Waals surface area contributed by atoms with Gasteiger partial charge in [-0.05, 0) is 42.6 Å². The van der Waals surface area contributed by atoms with E-state index in [1.54, 1.807) is 0 Å². The Kier molecular flexibility index (Phi) is 25.7. The summed E-state index contributed by atoms with van der Waals surface area (Å²) in [6.07, 6.45) is 25.1. The SMILES string of the molecule is CCCCCCCCCCCCSCCC(CP(O)(O)=S)OCCCCCCCCCC. The van der Waals surface area contributed by atoms with Crippen LogP contribution >= 0.6 is 18.3 Å². The van der Waals surface area contributed by atoms with Gasteiger partial charge in [-0.3, -0.25) is 0 Å². The highest BCUT2D eigenvalue weighted by atomic mass is 32.5. The highest BCUT2D eigenvalue weighted by Crippen LogP contribution is 2.37. The molecule has 0 saturated heterocycles. The molecular formula is C26H55O3PS2. The molecule has 2 N–H and O–H groups in total. The van der Waals surface area contributed by atoms with Gasteiger partial charge >= 0.3 is 0 Å². The van der Waals surface area contributed by atoms with Crippen LogP contribution in [-0.4, -0.2) is 40.2 Å². The molecule has 0 spiro atoms. The van der Waals surface area contributed by atoms with Crippen LogP contribution in [-0.2, 0) is 16.5 Å². The highest BCUT2D eigenvalue weighted by Gasteiger charge is 2.18. The molecule has 0 fully saturated rings. The lowest BCUT2D eigenvalue weighted by molar-refractivity contribution is 0.0619. The lowest BCUT2D eigenvalue weighted by Gasteiger charge is -2.20. The van der Waals surface area contributed by atoms with Gasteiger partial charge in [0.15, 0.2) is 6.49 Å². The molecule has 0 aromatic carbocycles. The lowest BCUT2D eigenvalue weighted by Crippen LogP contribution is -2.20. The molecule has 0 aliphatic rings. The van der Waals surface area contributed by atoms with Gasteiger partial charge in [0.05, 0.1) is 6.10 Å². The molecule has 32 heavy (non-hydrogen) atoms. The van der Waals surface area contributed by atoms with Crippen molar-refractivity contribution >= 4 is 30.1 Å². The summed E-state index contributed by atoms with van der Waals surface area (Å²) in [6.45, 7) is 2.06. The van der Waals surface area contributed by atoms with Gasteiger partial charge in [-0.1, -0.05) is 117 Å². The van der Waals surface area contributed by atoms with Crippen molar-refractivity contribution in [2.75, 3.05) is 24.3 Å². The van der Waals surface area contributed by atoms with Crippen molar-refractivity contribution in [3.8, 4) is 0 Å². The summed E-state index contributed by atoms with van der Waals surface area (Å²) in [5.74, 6) is 2.22. The van der Waals surface area contributed by atoms with Crippen molar-refractivity contribution in [2.24, 2.45) is 0 Å². The molecule has 0 bridgehead atoms. The van der Waals surface area contributed by atoms with Crippen LogP contribution in [0.3, 0.4) is 0 Å². The number of hydrogen-bond donors (Lipinski definition) is 2. The van der Waals surface area contributed by atoms with Gasteiger partial charge in [0.2, 0.25) is 0 Å². The first-order valence-corrected chi connectivity index (χ1v) is 17.8. The Hall–Kier alpha value is 0.880. The largest absolute Gasteiger partial charge is 0.378 e. The maximum absolute atomic E-state index is 9.73. The van der Waals surface area contributed by atoms with E-state index in [0.29, 0.717) is 0 Å². The van der Waals surface area contributed by atoms with E-state index in [4.69, 9.17) is 16.5 Å². The molecule has 0 amide bonds. The third-order valence-corrected chi connectivity index (χ3v) is 8.45. The van der Waals surface area contributed by atoms with E-state index in [-0.39, 0.29) is 12.3 Å². The normalized spacial score (nSPS) is 13.0. The molecule has 0 rings (SSSR count). The minimum atomic E-state index is -3.19. The molecule has 6 heteroatoms. The first-order chi connectivity index (χ1) is 15.5. The monoisotopic (exact) mass is 510 g/mol. The van der Waals surface area contributed by atoms with Crippen LogP contribution in [0.25, 0.3) is 0 Å². The molecule has 0 heterocycles. The first-order valence-electron chi connectivity index (χ1n) is 13.7. The van der Waals surface area contributed by atoms with Crippen molar-refractivity contribution in [2.45, 2.75) is 142 Å². The van der Waals surface area contributed by atoms with Crippen LogP contribution in [0.15, 0.2) is 0 Å². The van der Waals surface area contributed by atoms with Gasteiger partial charge in [0.25, 0.3) is 0 Å². The zero-order valence-corrected chi connectivity index (χ0v) is 23.9. The van der Waals surface area contributed by atoms with Crippen molar-refractivity contribution < 1.29 is 14.5 Å². The Labute approximate surface area is 210 Å². The van der Waals surface area contributed by atoms with Crippen LogP contribution in [0.4, 0.5) is 0 Å². The van der Waals surface area contributed by atoms with Crippen molar-refractivity contribution in [3.63, 3.8) is 0 Å². The van der Waals surface area contributed by atoms with Gasteiger partial charge in [-0.2, -0.15) is 11.8 Å². The van der Waals surface area contributed by atoms with E-state index >= 15 is 0 Å². The molecule has 1 unspecified atom stereocenters. The Bertz CT molecular complexity index is 418. The number of rotatable bonds is 26. The third-order valence-electron chi connectivity index (χ3n) is 6.02. The molecule has 0 aliphatic carbocycles. The molecule has 0 saturated carbocycles. The maximum atomic E-state index is 9.73. The Morgan fingerprint density at radius 1 is 0.656 bits per heavy atom. The topological polar surface area (TPSA) is 49.7 Å². The van der Waals surface area contributed by atoms with E-state index in [1.807, 2.05) is 11.8 Å². The molecule has 0 aromatic rings. The first kappa shape index (κ1) is 32.9. The second kappa shape index (κ2) is 25.0. The number of unbranched alkanes of at least 4 members (excludes halogenated alkanes) is 16. The van der Waals surface area contributed by atoms with E-state index in [9.17, 15) is 9.79 Å². The molecule has 194 valence electrons. The van der Waals surface area contributed by atoms with Gasteiger partial charge < -0.3 is 14.5 Å². The average Bonchev–Trinajstić information content (AvgIpc) is 2.74. The zero-order valence-electron chi connectivity index (χ0n) is 21.4. The summed E-state index contributed by atoms with van der Waals surface area (Å²) in [6, 6.07) is 0. The second-order valence-electron chi connectivity index (χ2n) is 9.40. The highest BCUT2D eigenvalue weighted by molar-refractivity contribution is 8.09. The summed E-state index contributed by atoms with van der Waals surface area (Å²) in [4.78, 5) is 19.5. The second-order valence-corrected chi connectivity index (χ2v) is 14.1. The zero-order chi connectivity index (χ0) is 23.8. The number of thioether (sulfide) groups is 1. The molecule has 0 radical (unpaired) electrons. The Morgan fingerprint density at radius 2 is 1.09 bits per heavy atom. The summed E-state index contributed by atoms with van der Waals surface area (Å²) in [7, 11) is 0. The van der Waals surface area contributed by atoms with E-state index in [1.165, 1.54) is 115 Å². The average molecular weight is 511 g/mol. The maximum Gasteiger partial charge on any atom is 0.186 e. The van der Waals surface area contributed by atoms with Gasteiger partial charge in [0.1, 0.15) is 0 Å². The number of ether oxygens (including phenoxy) is 1. The smallest absolute Gasteiger partial charge is 0.186 e. The predicted octanol–water partition coefficient (Wildman–Crippen LogP) is 8.85. The third kappa shape index (κ3) is 27.1. The molecule has 1 atom stereocenters. The van der Waals surface area contributed by atoms with Crippen LogP contribution in [0.2, 0.25) is 0 Å². The van der Waals surface area contributed by atoms with Gasteiger partial charge in [-0.15, -0.1) is 0 Å². The summed E-state index contributed by atoms with van der Waals surface area (Å²) in [5, 5.41) is 0. The number of hydrogen-bond acceptors (Lipinski definition) is 3. The fourth-order valence-electron chi connectivity index (χ4n) is 3.99. The molecular weight excluding hydrogens is 455 g/mol. The molecule has 3 nitrogen and oxygen atoms in total. The minimum Gasteiger partial charge on any atom is -0.378 e. The van der Waals surface area contributed by atoms with Gasteiger partial charge in [-0.25, -0.2) is 0 Å². The van der Waals surface area contributed by atoms with Crippen LogP contribution in [0, 0.1) is 0 Å². The summed E-state index contributed by atoms with van der Waals surface area (Å²) < 4.78 is 6.00. The van der Waals surface area contributed by atoms with Crippen molar-refractivity contribution in [3.05, 3.63) is 0 Å². The quantitative estimate of drug-likeness (QED) is 0.0899. The fraction of sp³-hybridized carbons (Fsp3) is 1.00. The Morgan fingerprint density at radius 3 is 1.56 bits per heavy atom. The molecule has 0 aromatic heterocycles. The van der Waals surface area contributed by atoms with E-state index in [2.05, 4.69) is 13.8 Å². The van der Waals surface area contributed by atoms with Gasteiger partial charge in [0, 0.05) is 12.8 Å². The minimum absolute atomic E-state index is 0.0967. The standard InChI is InChI=1S/C26H55O3PS2/c1-3-5-7-9-11-13-14-16-18-20-23-32-24-21-26(25-30(27,28)31)29-22-19-17-15-12-10-8-6-4-2/h26H,3-25H2,1-2H3,(H2,27,28,31). The predicted molar refractivity (Wildman–Crippen MR) is 150 cm³/mol. The summed E-state index contributed by atoms with van der Waals surface area (Å²) >= 11 is 6.84. The van der Waals surface area contributed by atoms with Crippen molar-refractivity contribution in [1.82, 2.24) is 0 Å². The summed E-state index contributed by atoms with van der Waals surface area (Å²) in [5.41, 5.74) is 0. The van der Waals surface area contributed by atoms with Crippen molar-refractivity contribution in [1.29, 1.82) is 0 Å². The fourth-order valence-corrected chi connectivity index (χ4v) is 6.35. The lowest BCUT2D eigenvalue weighted by atomic mass is 10.1. The van der Waals surface area contributed by atoms with E-state index in [0.717, 1.165) is 25.2 Å².